The van der Waals surface area contributed by atoms with Crippen molar-refractivity contribution in [1.29, 1.82) is 0 Å². The fraction of sp³-hybridized carbons (Fsp3) is 0.529. The Morgan fingerprint density at radius 3 is 2.95 bits per heavy atom. The summed E-state index contributed by atoms with van der Waals surface area (Å²) in [5.74, 6) is 0.924. The molecule has 0 radical (unpaired) electrons. The number of rotatable bonds is 8. The molecule has 0 aliphatic carbocycles. The van der Waals surface area contributed by atoms with Gasteiger partial charge in [0.1, 0.15) is 18.0 Å². The van der Waals surface area contributed by atoms with Gasteiger partial charge in [-0.05, 0) is 37.5 Å². The lowest BCUT2D eigenvalue weighted by Gasteiger charge is -2.09. The zero-order valence-electron chi connectivity index (χ0n) is 12.0. The first-order valence-corrected chi connectivity index (χ1v) is 7.25. The van der Waals surface area contributed by atoms with Gasteiger partial charge in [-0.1, -0.05) is 44.1 Å². The molecule has 1 atom stereocenters. The number of hydrogen-bond donors (Lipinski definition) is 0. The standard InChI is InChI=1S/C17H24O2/c1-3-4-5-6-7-9-15-10-8-11-16(12-15)18-13-17(2)14-19-17/h7-12H,3-6,13-14H2,1-2H3/b9-7+. The summed E-state index contributed by atoms with van der Waals surface area (Å²) < 4.78 is 11.1. The van der Waals surface area contributed by atoms with E-state index in [9.17, 15) is 0 Å². The molecule has 19 heavy (non-hydrogen) atoms. The zero-order valence-corrected chi connectivity index (χ0v) is 12.0. The number of epoxide rings is 1. The molecular formula is C17H24O2. The van der Waals surface area contributed by atoms with E-state index in [1.165, 1.54) is 24.8 Å². The van der Waals surface area contributed by atoms with Gasteiger partial charge in [0.2, 0.25) is 0 Å². The summed E-state index contributed by atoms with van der Waals surface area (Å²) in [7, 11) is 0. The van der Waals surface area contributed by atoms with Gasteiger partial charge < -0.3 is 9.47 Å². The van der Waals surface area contributed by atoms with Crippen LogP contribution >= 0.6 is 0 Å². The third-order valence-electron chi connectivity index (χ3n) is 3.32. The summed E-state index contributed by atoms with van der Waals surface area (Å²) in [5.41, 5.74) is 1.15. The SMILES string of the molecule is CCCCC/C=C/c1cccc(OCC2(C)CO2)c1. The van der Waals surface area contributed by atoms with Crippen LogP contribution in [0.5, 0.6) is 5.75 Å². The summed E-state index contributed by atoms with van der Waals surface area (Å²) in [6.07, 6.45) is 9.45. The number of allylic oxidation sites excluding steroid dienone is 1. The molecule has 0 N–H and O–H groups in total. The Labute approximate surface area is 116 Å². The highest BCUT2D eigenvalue weighted by Crippen LogP contribution is 2.27. The molecule has 0 amide bonds. The number of ether oxygens (including phenoxy) is 2. The van der Waals surface area contributed by atoms with Gasteiger partial charge in [0.15, 0.2) is 0 Å². The molecule has 1 heterocycles. The number of unbranched alkanes of at least 4 members (excludes halogenated alkanes) is 3. The Bertz CT molecular complexity index is 419. The molecule has 2 rings (SSSR count). The predicted molar refractivity (Wildman–Crippen MR) is 79.5 cm³/mol. The maximum absolute atomic E-state index is 5.76. The van der Waals surface area contributed by atoms with Crippen LogP contribution in [0, 0.1) is 0 Å². The van der Waals surface area contributed by atoms with E-state index in [2.05, 4.69) is 38.1 Å². The van der Waals surface area contributed by atoms with Gasteiger partial charge >= 0.3 is 0 Å². The second-order valence-corrected chi connectivity index (χ2v) is 5.50. The summed E-state index contributed by atoms with van der Waals surface area (Å²) in [4.78, 5) is 0. The van der Waals surface area contributed by atoms with Gasteiger partial charge in [-0.15, -0.1) is 0 Å². The van der Waals surface area contributed by atoms with Gasteiger partial charge in [-0.2, -0.15) is 0 Å². The predicted octanol–water partition coefficient (Wildman–Crippen LogP) is 4.45. The first kappa shape index (κ1) is 14.1. The first-order chi connectivity index (χ1) is 9.22. The van der Waals surface area contributed by atoms with Crippen molar-refractivity contribution in [2.75, 3.05) is 13.2 Å². The molecule has 0 spiro atoms. The summed E-state index contributed by atoms with van der Waals surface area (Å²) in [6, 6.07) is 8.23. The average Bonchev–Trinajstić information content (AvgIpc) is 3.15. The van der Waals surface area contributed by atoms with E-state index in [1.54, 1.807) is 0 Å². The summed E-state index contributed by atoms with van der Waals surface area (Å²) >= 11 is 0. The van der Waals surface area contributed by atoms with E-state index in [0.29, 0.717) is 6.61 Å². The minimum Gasteiger partial charge on any atom is -0.490 e. The lowest BCUT2D eigenvalue weighted by Crippen LogP contribution is -2.16. The Morgan fingerprint density at radius 1 is 1.37 bits per heavy atom. The quantitative estimate of drug-likeness (QED) is 0.509. The van der Waals surface area contributed by atoms with E-state index >= 15 is 0 Å². The van der Waals surface area contributed by atoms with Crippen LogP contribution in [-0.2, 0) is 4.74 Å². The Balaban J connectivity index is 1.80. The fourth-order valence-electron chi connectivity index (χ4n) is 1.88. The fourth-order valence-corrected chi connectivity index (χ4v) is 1.88. The molecule has 104 valence electrons. The Hall–Kier alpha value is -1.28. The van der Waals surface area contributed by atoms with Crippen molar-refractivity contribution < 1.29 is 9.47 Å². The molecule has 1 aliphatic heterocycles. The third kappa shape index (κ3) is 5.07. The zero-order chi connectivity index (χ0) is 13.6. The molecule has 2 heteroatoms. The van der Waals surface area contributed by atoms with Crippen molar-refractivity contribution >= 4 is 6.08 Å². The monoisotopic (exact) mass is 260 g/mol. The third-order valence-corrected chi connectivity index (χ3v) is 3.32. The smallest absolute Gasteiger partial charge is 0.123 e. The van der Waals surface area contributed by atoms with Crippen LogP contribution in [0.25, 0.3) is 6.08 Å². The Morgan fingerprint density at radius 2 is 2.21 bits per heavy atom. The molecule has 0 aromatic heterocycles. The highest BCUT2D eigenvalue weighted by atomic mass is 16.6. The maximum atomic E-state index is 5.76. The van der Waals surface area contributed by atoms with Crippen LogP contribution in [0.2, 0.25) is 0 Å². The molecule has 1 saturated heterocycles. The van der Waals surface area contributed by atoms with E-state index in [1.807, 2.05) is 12.1 Å². The topological polar surface area (TPSA) is 21.8 Å². The van der Waals surface area contributed by atoms with Crippen molar-refractivity contribution in [3.8, 4) is 5.75 Å². The molecule has 1 aliphatic rings. The van der Waals surface area contributed by atoms with Crippen molar-refractivity contribution in [1.82, 2.24) is 0 Å². The molecule has 1 fully saturated rings. The molecular weight excluding hydrogens is 236 g/mol. The summed E-state index contributed by atoms with van der Waals surface area (Å²) in [6.45, 7) is 5.75. The normalized spacial score (nSPS) is 21.8. The number of benzene rings is 1. The molecule has 2 nitrogen and oxygen atoms in total. The number of hydrogen-bond acceptors (Lipinski definition) is 2. The van der Waals surface area contributed by atoms with E-state index < -0.39 is 0 Å². The van der Waals surface area contributed by atoms with Crippen LogP contribution in [0.4, 0.5) is 0 Å². The van der Waals surface area contributed by atoms with Gasteiger partial charge in [0, 0.05) is 0 Å². The van der Waals surface area contributed by atoms with Gasteiger partial charge in [-0.3, -0.25) is 0 Å². The second-order valence-electron chi connectivity index (χ2n) is 5.50. The van der Waals surface area contributed by atoms with Crippen molar-refractivity contribution in [3.63, 3.8) is 0 Å². The summed E-state index contributed by atoms with van der Waals surface area (Å²) in [5, 5.41) is 0. The van der Waals surface area contributed by atoms with Crippen LogP contribution in [0.15, 0.2) is 30.3 Å². The van der Waals surface area contributed by atoms with Crippen LogP contribution in [0.1, 0.15) is 45.1 Å². The lowest BCUT2D eigenvalue weighted by atomic mass is 10.1. The molecule has 1 aromatic carbocycles. The first-order valence-electron chi connectivity index (χ1n) is 7.25. The van der Waals surface area contributed by atoms with Crippen molar-refractivity contribution in [2.45, 2.75) is 45.1 Å². The van der Waals surface area contributed by atoms with Crippen LogP contribution in [-0.4, -0.2) is 18.8 Å². The molecule has 1 aromatic rings. The van der Waals surface area contributed by atoms with Crippen LogP contribution < -0.4 is 4.74 Å². The Kier molecular flexibility index (Phi) is 5.03. The van der Waals surface area contributed by atoms with Gasteiger partial charge in [0.05, 0.1) is 6.61 Å². The maximum Gasteiger partial charge on any atom is 0.123 e. The highest BCUT2D eigenvalue weighted by molar-refractivity contribution is 5.51. The van der Waals surface area contributed by atoms with E-state index in [4.69, 9.17) is 9.47 Å². The lowest BCUT2D eigenvalue weighted by molar-refractivity contribution is 0.202. The van der Waals surface area contributed by atoms with E-state index in [-0.39, 0.29) is 5.60 Å². The highest BCUT2D eigenvalue weighted by Gasteiger charge is 2.40. The van der Waals surface area contributed by atoms with Crippen molar-refractivity contribution in [3.05, 3.63) is 35.9 Å². The molecule has 1 unspecified atom stereocenters. The van der Waals surface area contributed by atoms with Gasteiger partial charge in [-0.25, -0.2) is 0 Å². The minimum absolute atomic E-state index is 0.0496. The van der Waals surface area contributed by atoms with Crippen molar-refractivity contribution in [2.24, 2.45) is 0 Å². The molecule has 0 saturated carbocycles. The average molecular weight is 260 g/mol. The second kappa shape index (κ2) is 6.76. The molecule has 0 bridgehead atoms. The largest absolute Gasteiger partial charge is 0.490 e. The minimum atomic E-state index is -0.0496. The van der Waals surface area contributed by atoms with Gasteiger partial charge in [0.25, 0.3) is 0 Å². The van der Waals surface area contributed by atoms with Crippen LogP contribution in [0.3, 0.4) is 0 Å². The van der Waals surface area contributed by atoms with E-state index in [0.717, 1.165) is 18.8 Å².